The van der Waals surface area contributed by atoms with E-state index in [0.29, 0.717) is 43.4 Å². The summed E-state index contributed by atoms with van der Waals surface area (Å²) in [5.74, 6) is -2.47. The Balaban J connectivity index is 4.07. The normalized spacial score (nSPS) is 11.8. The fourth-order valence-electron chi connectivity index (χ4n) is 5.77. The van der Waals surface area contributed by atoms with Gasteiger partial charge < -0.3 is 19.8 Å². The van der Waals surface area contributed by atoms with Crippen molar-refractivity contribution in [3.63, 3.8) is 0 Å². The number of carboxylic acid groups (broad SMARTS) is 3. The minimum absolute atomic E-state index is 0.0920. The van der Waals surface area contributed by atoms with Crippen LogP contribution in [0.2, 0.25) is 0 Å². The molecule has 41 heavy (non-hydrogen) atoms. The first-order chi connectivity index (χ1) is 19.8. The molecule has 7 nitrogen and oxygen atoms in total. The molecule has 0 aliphatic carbocycles. The van der Waals surface area contributed by atoms with Crippen LogP contribution in [0, 0.1) is 0 Å². The van der Waals surface area contributed by atoms with Crippen molar-refractivity contribution in [2.24, 2.45) is 0 Å². The van der Waals surface area contributed by atoms with Gasteiger partial charge in [-0.05, 0) is 38.5 Å². The van der Waals surface area contributed by atoms with E-state index in [-0.39, 0.29) is 19.3 Å². The fraction of sp³-hybridized carbons (Fsp3) is 0.853. The highest BCUT2D eigenvalue weighted by atomic mass is 16.4. The number of carboxylic acids is 3. The lowest BCUT2D eigenvalue weighted by Gasteiger charge is -2.39. The van der Waals surface area contributed by atoms with Gasteiger partial charge in [0.1, 0.15) is 0 Å². The Morgan fingerprint density at radius 2 is 0.732 bits per heavy atom. The maximum Gasteiger partial charge on any atom is 0.303 e. The third kappa shape index (κ3) is 28.0. The van der Waals surface area contributed by atoms with Crippen molar-refractivity contribution >= 4 is 17.9 Å². The van der Waals surface area contributed by atoms with Gasteiger partial charge in [-0.15, -0.1) is 0 Å². The number of aliphatic carboxylic acids is 3. The number of hydrogen-bond donors (Lipinski definition) is 3. The Morgan fingerprint density at radius 3 is 1.07 bits per heavy atom. The largest absolute Gasteiger partial charge is 0.481 e. The number of hydrogen-bond acceptors (Lipinski definition) is 3. The molecule has 0 heterocycles. The van der Waals surface area contributed by atoms with Crippen LogP contribution in [-0.4, -0.2) is 63.9 Å². The maximum atomic E-state index is 11.1. The molecule has 0 rings (SSSR count). The Morgan fingerprint density at radius 1 is 0.439 bits per heavy atom. The van der Waals surface area contributed by atoms with Crippen molar-refractivity contribution in [3.05, 3.63) is 12.2 Å². The molecule has 0 aromatic carbocycles. The molecule has 0 radical (unpaired) electrons. The van der Waals surface area contributed by atoms with Crippen molar-refractivity contribution in [1.29, 1.82) is 0 Å². The van der Waals surface area contributed by atoms with Gasteiger partial charge in [-0.2, -0.15) is 0 Å². The van der Waals surface area contributed by atoms with Crippen molar-refractivity contribution < 1.29 is 34.2 Å². The molecule has 0 amide bonds. The van der Waals surface area contributed by atoms with E-state index in [9.17, 15) is 14.4 Å². The third-order valence-electron chi connectivity index (χ3n) is 8.21. The maximum absolute atomic E-state index is 11.1. The number of quaternary nitrogens is 1. The number of carbonyl (C=O) groups is 3. The highest BCUT2D eigenvalue weighted by molar-refractivity contribution is 5.67. The van der Waals surface area contributed by atoms with Gasteiger partial charge in [0.05, 0.1) is 45.4 Å². The van der Waals surface area contributed by atoms with E-state index < -0.39 is 17.9 Å². The van der Waals surface area contributed by atoms with E-state index in [1.807, 2.05) is 0 Å². The third-order valence-corrected chi connectivity index (χ3v) is 8.21. The molecule has 3 N–H and O–H groups in total. The van der Waals surface area contributed by atoms with E-state index in [0.717, 1.165) is 19.4 Å². The summed E-state index contributed by atoms with van der Waals surface area (Å²) in [5, 5.41) is 27.3. The second kappa shape index (κ2) is 28.2. The van der Waals surface area contributed by atoms with Crippen molar-refractivity contribution in [2.45, 2.75) is 161 Å². The molecule has 0 aromatic heterocycles. The van der Waals surface area contributed by atoms with Crippen molar-refractivity contribution in [1.82, 2.24) is 0 Å². The van der Waals surface area contributed by atoms with Crippen LogP contribution in [0.3, 0.4) is 0 Å². The van der Waals surface area contributed by atoms with Gasteiger partial charge in [0, 0.05) is 19.3 Å². The summed E-state index contributed by atoms with van der Waals surface area (Å²) in [6, 6.07) is 0. The van der Waals surface area contributed by atoms with Gasteiger partial charge in [-0.1, -0.05) is 96.1 Å². The lowest BCUT2D eigenvalue weighted by Crippen LogP contribution is -2.51. The molecule has 0 spiro atoms. The van der Waals surface area contributed by atoms with Gasteiger partial charge in [0.25, 0.3) is 0 Å². The minimum Gasteiger partial charge on any atom is -0.481 e. The monoisotopic (exact) mass is 582 g/mol. The van der Waals surface area contributed by atoms with E-state index >= 15 is 0 Å². The highest BCUT2D eigenvalue weighted by Crippen LogP contribution is 2.19. The van der Waals surface area contributed by atoms with Crippen LogP contribution in [0.4, 0.5) is 0 Å². The molecule has 0 aromatic rings. The molecular weight excluding hydrogens is 518 g/mol. The van der Waals surface area contributed by atoms with E-state index in [1.54, 1.807) is 0 Å². The summed E-state index contributed by atoms with van der Waals surface area (Å²) in [4.78, 5) is 33.2. The minimum atomic E-state index is -0.823. The predicted octanol–water partition coefficient (Wildman–Crippen LogP) is 9.00. The van der Waals surface area contributed by atoms with Gasteiger partial charge >= 0.3 is 17.9 Å². The summed E-state index contributed by atoms with van der Waals surface area (Å²) >= 11 is 0. The standard InChI is InChI=1S/C34H63NO6/c1-2-3-4-5-6-7-8-9-10-11-12-13-14-15-16-17-18-19-20-21-28-35(29-22-25-32(36)37,30-23-26-33(38)39)31-24-27-34(40)41/h6-7H,2-5,8-31H2,1H3,(H2-,36,37,38,39,40,41)/p+1/b7-6+. The molecular formula is C34H64NO6+. The number of rotatable bonds is 32. The van der Waals surface area contributed by atoms with Crippen molar-refractivity contribution in [2.75, 3.05) is 26.2 Å². The van der Waals surface area contributed by atoms with Gasteiger partial charge in [-0.25, -0.2) is 0 Å². The Kier molecular flexibility index (Phi) is 26.9. The Labute approximate surface area is 251 Å². The van der Waals surface area contributed by atoms with Crippen molar-refractivity contribution in [3.8, 4) is 0 Å². The lowest BCUT2D eigenvalue weighted by atomic mass is 10.0. The van der Waals surface area contributed by atoms with Gasteiger partial charge in [-0.3, -0.25) is 14.4 Å². The molecule has 0 saturated heterocycles. The van der Waals surface area contributed by atoms with Crippen LogP contribution in [0.5, 0.6) is 0 Å². The molecule has 0 fully saturated rings. The summed E-state index contributed by atoms with van der Waals surface area (Å²) in [5.41, 5.74) is 0. The molecule has 0 aliphatic heterocycles. The molecule has 0 bridgehead atoms. The summed E-state index contributed by atoms with van der Waals surface area (Å²) in [7, 11) is 0. The second-order valence-corrected chi connectivity index (χ2v) is 12.1. The number of unbranched alkanes of at least 4 members (excludes halogenated alkanes) is 16. The molecule has 7 heteroatoms. The molecule has 0 saturated carbocycles. The Hall–Kier alpha value is -1.89. The topological polar surface area (TPSA) is 112 Å². The van der Waals surface area contributed by atoms with Crippen LogP contribution >= 0.6 is 0 Å². The first kappa shape index (κ1) is 39.1. The number of nitrogens with zero attached hydrogens (tertiary/aromatic N) is 1. The van der Waals surface area contributed by atoms with Crippen LogP contribution in [-0.2, 0) is 14.4 Å². The average molecular weight is 583 g/mol. The highest BCUT2D eigenvalue weighted by Gasteiger charge is 2.27. The lowest BCUT2D eigenvalue weighted by molar-refractivity contribution is -0.929. The van der Waals surface area contributed by atoms with E-state index in [4.69, 9.17) is 15.3 Å². The van der Waals surface area contributed by atoms with Gasteiger partial charge in [0.2, 0.25) is 0 Å². The van der Waals surface area contributed by atoms with Gasteiger partial charge in [0.15, 0.2) is 0 Å². The zero-order valence-corrected chi connectivity index (χ0v) is 26.5. The van der Waals surface area contributed by atoms with Crippen LogP contribution in [0.1, 0.15) is 161 Å². The summed E-state index contributed by atoms with van der Waals surface area (Å²) < 4.78 is 0.642. The molecule has 0 unspecified atom stereocenters. The van der Waals surface area contributed by atoms with E-state index in [2.05, 4.69) is 19.1 Å². The average Bonchev–Trinajstić information content (AvgIpc) is 2.91. The summed E-state index contributed by atoms with van der Waals surface area (Å²) in [6.45, 7) is 5.13. The van der Waals surface area contributed by atoms with Crippen LogP contribution in [0.15, 0.2) is 12.2 Å². The predicted molar refractivity (Wildman–Crippen MR) is 168 cm³/mol. The smallest absolute Gasteiger partial charge is 0.303 e. The SMILES string of the molecule is CCCCC/C=C/CCCCCCCCCCCCCCC[N+](CCCC(=O)O)(CCCC(=O)O)CCCC(=O)O. The summed E-state index contributed by atoms with van der Waals surface area (Å²) in [6.07, 6.45) is 29.7. The fourth-order valence-corrected chi connectivity index (χ4v) is 5.77. The zero-order valence-electron chi connectivity index (χ0n) is 26.5. The van der Waals surface area contributed by atoms with Crippen LogP contribution < -0.4 is 0 Å². The number of allylic oxidation sites excluding steroid dienone is 2. The van der Waals surface area contributed by atoms with E-state index in [1.165, 1.54) is 103 Å². The molecule has 0 atom stereocenters. The quantitative estimate of drug-likeness (QED) is 0.0414. The molecule has 0 aliphatic rings. The molecule has 240 valence electrons. The van der Waals surface area contributed by atoms with Crippen LogP contribution in [0.25, 0.3) is 0 Å². The zero-order chi connectivity index (χ0) is 30.4. The second-order valence-electron chi connectivity index (χ2n) is 12.1. The first-order valence-electron chi connectivity index (χ1n) is 17.0. The Bertz CT molecular complexity index is 628. The first-order valence-corrected chi connectivity index (χ1v) is 17.0.